The average Bonchev–Trinajstić information content (AvgIpc) is 3.02. The summed E-state index contributed by atoms with van der Waals surface area (Å²) in [5, 5.41) is 1.79. The van der Waals surface area contributed by atoms with Gasteiger partial charge in [0.1, 0.15) is 5.75 Å². The first kappa shape index (κ1) is 17.4. The molecule has 0 fully saturated rings. The molecule has 1 aromatic heterocycles. The molecular weight excluding hydrogens is 425 g/mol. The third kappa shape index (κ3) is 2.83. The predicted octanol–water partition coefficient (Wildman–Crippen LogP) is 5.26. The van der Waals surface area contributed by atoms with Crippen LogP contribution in [0.25, 0.3) is 0 Å². The molecule has 0 saturated carbocycles. The first-order chi connectivity index (χ1) is 13.0. The fourth-order valence-corrected chi connectivity index (χ4v) is 6.60. The molecule has 2 aliphatic rings. The Morgan fingerprint density at radius 2 is 1.74 bits per heavy atom. The summed E-state index contributed by atoms with van der Waals surface area (Å²) >= 11 is 14.9. The third-order valence-corrected chi connectivity index (χ3v) is 7.80. The maximum absolute atomic E-state index is 13.0. The molecule has 8 heteroatoms. The number of thiazole rings is 1. The lowest BCUT2D eigenvalue weighted by Crippen LogP contribution is -2.37. The predicted molar refractivity (Wildman–Crippen MR) is 107 cm³/mol. The van der Waals surface area contributed by atoms with Crippen LogP contribution in [0, 0.1) is 5.92 Å². The Bertz CT molecular complexity index is 1120. The number of carbonyl (C=O) groups excluding carboxylic acids is 1. The number of hydrogen-bond acceptors (Lipinski definition) is 5. The minimum Gasteiger partial charge on any atom is -0.426 e. The Morgan fingerprint density at radius 1 is 1.00 bits per heavy atom. The second-order valence-corrected chi connectivity index (χ2v) is 9.44. The zero-order chi connectivity index (χ0) is 18.7. The van der Waals surface area contributed by atoms with Crippen LogP contribution >= 0.6 is 46.3 Å². The summed E-state index contributed by atoms with van der Waals surface area (Å²) in [4.78, 5) is 28.7. The number of aromatic nitrogens is 1. The van der Waals surface area contributed by atoms with Gasteiger partial charge < -0.3 is 9.72 Å². The van der Waals surface area contributed by atoms with Crippen LogP contribution in [0.2, 0.25) is 10.0 Å². The average molecular weight is 436 g/mol. The van der Waals surface area contributed by atoms with Crippen molar-refractivity contribution in [2.75, 3.05) is 0 Å². The van der Waals surface area contributed by atoms with Crippen molar-refractivity contribution in [1.29, 1.82) is 0 Å². The van der Waals surface area contributed by atoms with E-state index in [4.69, 9.17) is 27.9 Å². The van der Waals surface area contributed by atoms with Gasteiger partial charge in [0, 0.05) is 26.4 Å². The van der Waals surface area contributed by atoms with Gasteiger partial charge in [0.25, 0.3) is 0 Å². The van der Waals surface area contributed by atoms with E-state index in [9.17, 15) is 9.59 Å². The van der Waals surface area contributed by atoms with E-state index in [1.54, 1.807) is 24.3 Å². The Morgan fingerprint density at radius 3 is 2.52 bits per heavy atom. The number of benzene rings is 2. The molecule has 5 rings (SSSR count). The minimum absolute atomic E-state index is 0.134. The van der Waals surface area contributed by atoms with E-state index >= 15 is 0 Å². The van der Waals surface area contributed by atoms with Crippen LogP contribution in [0.5, 0.6) is 5.75 Å². The molecule has 3 heterocycles. The number of thioether (sulfide) groups is 1. The van der Waals surface area contributed by atoms with Gasteiger partial charge in [-0.15, -0.1) is 0 Å². The maximum atomic E-state index is 13.0. The lowest BCUT2D eigenvalue weighted by Gasteiger charge is -2.39. The summed E-state index contributed by atoms with van der Waals surface area (Å²) < 4.78 is 5.63. The molecular formula is C19H11Cl2NO3S2. The van der Waals surface area contributed by atoms with E-state index in [0.29, 0.717) is 15.8 Å². The molecule has 2 aliphatic heterocycles. The van der Waals surface area contributed by atoms with Crippen molar-refractivity contribution >= 4 is 52.3 Å². The molecule has 2 aromatic carbocycles. The van der Waals surface area contributed by atoms with Gasteiger partial charge in [0.15, 0.2) is 0 Å². The monoisotopic (exact) mass is 435 g/mol. The van der Waals surface area contributed by atoms with E-state index in [0.717, 1.165) is 32.4 Å². The fourth-order valence-electron chi connectivity index (χ4n) is 3.71. The Kier molecular flexibility index (Phi) is 4.13. The largest absolute Gasteiger partial charge is 0.426 e. The number of fused-ring (bicyclic) bond motifs is 5. The molecule has 1 N–H and O–H groups in total. The molecule has 136 valence electrons. The van der Waals surface area contributed by atoms with Crippen LogP contribution in [0.4, 0.5) is 0 Å². The molecule has 0 radical (unpaired) electrons. The summed E-state index contributed by atoms with van der Waals surface area (Å²) in [7, 11) is 0. The van der Waals surface area contributed by atoms with Gasteiger partial charge in [-0.05, 0) is 35.9 Å². The fraction of sp³-hybridized carbons (Fsp3) is 0.158. The molecule has 3 atom stereocenters. The van der Waals surface area contributed by atoms with Gasteiger partial charge in [0.05, 0.1) is 16.2 Å². The summed E-state index contributed by atoms with van der Waals surface area (Å²) in [5.74, 6) is -0.533. The molecule has 4 nitrogen and oxygen atoms in total. The Labute approximate surface area is 172 Å². The first-order valence-electron chi connectivity index (χ1n) is 8.17. The number of carbonyl (C=O) groups is 1. The Balaban J connectivity index is 1.74. The van der Waals surface area contributed by atoms with Crippen molar-refractivity contribution in [3.05, 3.63) is 78.2 Å². The van der Waals surface area contributed by atoms with Gasteiger partial charge >= 0.3 is 10.8 Å². The molecule has 0 saturated heterocycles. The Hall–Kier alpha value is -1.73. The lowest BCUT2D eigenvalue weighted by molar-refractivity contribution is -0.140. The zero-order valence-corrected chi connectivity index (χ0v) is 16.7. The van der Waals surface area contributed by atoms with Crippen LogP contribution in [0.1, 0.15) is 27.2 Å². The first-order valence-corrected chi connectivity index (χ1v) is 10.6. The number of hydrogen-bond donors (Lipinski definition) is 1. The molecule has 0 amide bonds. The molecule has 0 bridgehead atoms. The zero-order valence-electron chi connectivity index (χ0n) is 13.6. The number of ether oxygens (including phenoxy) is 1. The molecule has 27 heavy (non-hydrogen) atoms. The van der Waals surface area contributed by atoms with E-state index in [1.165, 1.54) is 11.8 Å². The number of H-pyrrole nitrogens is 1. The maximum Gasteiger partial charge on any atom is 0.316 e. The van der Waals surface area contributed by atoms with Crippen LogP contribution in [0.15, 0.2) is 52.3 Å². The van der Waals surface area contributed by atoms with E-state index in [1.807, 2.05) is 18.2 Å². The molecule has 0 unspecified atom stereocenters. The number of aromatic amines is 1. The summed E-state index contributed by atoms with van der Waals surface area (Å²) in [5.41, 5.74) is 1.79. The van der Waals surface area contributed by atoms with Crippen molar-refractivity contribution in [3.8, 4) is 5.75 Å². The highest BCUT2D eigenvalue weighted by Gasteiger charge is 2.49. The van der Waals surface area contributed by atoms with Gasteiger partial charge in [0.2, 0.25) is 0 Å². The minimum atomic E-state index is -0.457. The quantitative estimate of drug-likeness (QED) is 0.418. The number of esters is 1. The molecule has 0 aliphatic carbocycles. The van der Waals surface area contributed by atoms with Crippen molar-refractivity contribution in [2.24, 2.45) is 5.92 Å². The lowest BCUT2D eigenvalue weighted by atomic mass is 9.78. The van der Waals surface area contributed by atoms with E-state index in [2.05, 4.69) is 4.98 Å². The summed E-state index contributed by atoms with van der Waals surface area (Å²) in [6, 6.07) is 12.7. The second-order valence-electron chi connectivity index (χ2n) is 6.40. The third-order valence-electron chi connectivity index (χ3n) is 4.84. The molecule has 3 aromatic rings. The normalized spacial score (nSPS) is 23.2. The van der Waals surface area contributed by atoms with Crippen LogP contribution in [0.3, 0.4) is 0 Å². The smallest absolute Gasteiger partial charge is 0.316 e. The van der Waals surface area contributed by atoms with E-state index in [-0.39, 0.29) is 22.0 Å². The van der Waals surface area contributed by atoms with Crippen LogP contribution < -0.4 is 9.61 Å². The highest BCUT2D eigenvalue weighted by atomic mass is 35.5. The van der Waals surface area contributed by atoms with Gasteiger partial charge in [-0.25, -0.2) is 0 Å². The van der Waals surface area contributed by atoms with Crippen LogP contribution in [-0.4, -0.2) is 11.0 Å². The van der Waals surface area contributed by atoms with Gasteiger partial charge in [-0.1, -0.05) is 58.4 Å². The highest BCUT2D eigenvalue weighted by Crippen LogP contribution is 2.58. The SMILES string of the molecule is O=C1Oc2ccc(Cl)cc2[C@@H]2c3sc(=O)[nH]c3S[C@@H](c3ccc(Cl)cc3)[C@H]12. The van der Waals surface area contributed by atoms with Gasteiger partial charge in [-0.3, -0.25) is 9.59 Å². The standard InChI is InChI=1S/C19H11Cl2NO3S2/c20-9-3-1-8(2-4-9)15-14-13(16-17(26-15)22-19(24)27-16)11-7-10(21)5-6-12(11)25-18(14)23/h1-7,13-15H,(H,22,24)/t13-,14+,15-/m0/s1. The molecule has 0 spiro atoms. The van der Waals surface area contributed by atoms with Crippen LogP contribution in [-0.2, 0) is 4.79 Å². The second kappa shape index (κ2) is 6.41. The van der Waals surface area contributed by atoms with Crippen molar-refractivity contribution < 1.29 is 9.53 Å². The number of nitrogens with one attached hydrogen (secondary N) is 1. The highest BCUT2D eigenvalue weighted by molar-refractivity contribution is 7.99. The van der Waals surface area contributed by atoms with E-state index < -0.39 is 5.92 Å². The number of rotatable bonds is 1. The van der Waals surface area contributed by atoms with Gasteiger partial charge in [-0.2, -0.15) is 0 Å². The summed E-state index contributed by atoms with van der Waals surface area (Å²) in [6.45, 7) is 0. The summed E-state index contributed by atoms with van der Waals surface area (Å²) in [6.07, 6.45) is 0. The number of halogens is 2. The van der Waals surface area contributed by atoms with Crippen molar-refractivity contribution in [2.45, 2.75) is 16.2 Å². The topological polar surface area (TPSA) is 59.2 Å². The van der Waals surface area contributed by atoms with Crippen molar-refractivity contribution in [3.63, 3.8) is 0 Å². The van der Waals surface area contributed by atoms with Crippen molar-refractivity contribution in [1.82, 2.24) is 4.98 Å².